The summed E-state index contributed by atoms with van der Waals surface area (Å²) < 4.78 is 7.67. The predicted octanol–water partition coefficient (Wildman–Crippen LogP) is 3.48. The molecule has 118 valence electrons. The van der Waals surface area contributed by atoms with E-state index in [4.69, 9.17) is 4.74 Å². The van der Waals surface area contributed by atoms with Gasteiger partial charge in [0.25, 0.3) is 0 Å². The van der Waals surface area contributed by atoms with Gasteiger partial charge in [0.2, 0.25) is 0 Å². The van der Waals surface area contributed by atoms with Crippen molar-refractivity contribution in [3.63, 3.8) is 0 Å². The highest BCUT2D eigenvalue weighted by atomic mass is 16.5. The van der Waals surface area contributed by atoms with Gasteiger partial charge in [0.05, 0.1) is 0 Å². The topological polar surface area (TPSA) is 57.0 Å². The minimum absolute atomic E-state index is 0.303. The molecular weight excluding hydrogens is 278 g/mol. The number of rotatable bonds is 8. The standard InChI is InChI=1S/C17H23N3O2/c1-4-5-6-9-20-16(15(11-21)18-19-20)12-22-17-10-13(2)7-8-14(17)3/h7-8,10-11H,4-6,9,12H2,1-3H3. The molecule has 0 fully saturated rings. The maximum atomic E-state index is 11.1. The number of nitrogens with zero attached hydrogens (tertiary/aromatic N) is 3. The van der Waals surface area contributed by atoms with Gasteiger partial charge in [-0.05, 0) is 37.5 Å². The quantitative estimate of drug-likeness (QED) is 0.553. The van der Waals surface area contributed by atoms with Gasteiger partial charge < -0.3 is 4.74 Å². The number of hydrogen-bond donors (Lipinski definition) is 0. The smallest absolute Gasteiger partial charge is 0.172 e. The molecule has 0 spiro atoms. The van der Waals surface area contributed by atoms with Crippen LogP contribution in [0.15, 0.2) is 18.2 Å². The molecule has 0 radical (unpaired) electrons. The number of ether oxygens (including phenoxy) is 1. The third-order valence-electron chi connectivity index (χ3n) is 3.66. The predicted molar refractivity (Wildman–Crippen MR) is 85.2 cm³/mol. The summed E-state index contributed by atoms with van der Waals surface area (Å²) in [4.78, 5) is 11.1. The second-order valence-corrected chi connectivity index (χ2v) is 5.53. The Labute approximate surface area is 131 Å². The van der Waals surface area contributed by atoms with Gasteiger partial charge in [0.15, 0.2) is 12.0 Å². The summed E-state index contributed by atoms with van der Waals surface area (Å²) in [6, 6.07) is 6.08. The Morgan fingerprint density at radius 1 is 1.27 bits per heavy atom. The number of carbonyl (C=O) groups is 1. The van der Waals surface area contributed by atoms with Gasteiger partial charge in [0.1, 0.15) is 18.1 Å². The second-order valence-electron chi connectivity index (χ2n) is 5.53. The van der Waals surface area contributed by atoms with Gasteiger partial charge in [-0.2, -0.15) is 0 Å². The molecule has 0 N–H and O–H groups in total. The lowest BCUT2D eigenvalue weighted by molar-refractivity contribution is 0.111. The molecular formula is C17H23N3O2. The third kappa shape index (κ3) is 3.93. The van der Waals surface area contributed by atoms with Crippen molar-refractivity contribution >= 4 is 6.29 Å². The Hall–Kier alpha value is -2.17. The van der Waals surface area contributed by atoms with Gasteiger partial charge in [-0.3, -0.25) is 4.79 Å². The van der Waals surface area contributed by atoms with E-state index in [0.29, 0.717) is 12.3 Å². The average molecular weight is 301 g/mol. The second kappa shape index (κ2) is 7.73. The third-order valence-corrected chi connectivity index (χ3v) is 3.66. The summed E-state index contributed by atoms with van der Waals surface area (Å²) in [5.74, 6) is 0.832. The van der Waals surface area contributed by atoms with Crippen LogP contribution in [-0.4, -0.2) is 21.3 Å². The van der Waals surface area contributed by atoms with Crippen molar-refractivity contribution in [1.29, 1.82) is 0 Å². The molecule has 22 heavy (non-hydrogen) atoms. The summed E-state index contributed by atoms with van der Waals surface area (Å²) in [6.45, 7) is 7.26. The van der Waals surface area contributed by atoms with Crippen molar-refractivity contribution in [2.45, 2.75) is 53.2 Å². The van der Waals surface area contributed by atoms with Crippen LogP contribution in [0.4, 0.5) is 0 Å². The highest BCUT2D eigenvalue weighted by molar-refractivity contribution is 5.73. The first-order valence-corrected chi connectivity index (χ1v) is 7.73. The molecule has 0 aliphatic heterocycles. The molecule has 0 aliphatic rings. The van der Waals surface area contributed by atoms with Crippen molar-refractivity contribution in [1.82, 2.24) is 15.0 Å². The van der Waals surface area contributed by atoms with E-state index >= 15 is 0 Å². The number of aldehydes is 1. The van der Waals surface area contributed by atoms with Crippen molar-refractivity contribution in [3.05, 3.63) is 40.7 Å². The fourth-order valence-corrected chi connectivity index (χ4v) is 2.29. The van der Waals surface area contributed by atoms with Gasteiger partial charge in [-0.1, -0.05) is 37.1 Å². The van der Waals surface area contributed by atoms with E-state index in [1.54, 1.807) is 4.68 Å². The lowest BCUT2D eigenvalue weighted by Gasteiger charge is -2.11. The van der Waals surface area contributed by atoms with Crippen LogP contribution in [0.1, 0.15) is 53.5 Å². The van der Waals surface area contributed by atoms with E-state index < -0.39 is 0 Å². The average Bonchev–Trinajstić information content (AvgIpc) is 2.90. The summed E-state index contributed by atoms with van der Waals surface area (Å²) in [5, 5.41) is 8.00. The van der Waals surface area contributed by atoms with E-state index in [2.05, 4.69) is 23.3 Å². The Bertz CT molecular complexity index is 635. The zero-order valence-corrected chi connectivity index (χ0v) is 13.5. The van der Waals surface area contributed by atoms with Crippen LogP contribution in [-0.2, 0) is 13.2 Å². The number of aromatic nitrogens is 3. The molecule has 0 saturated carbocycles. The molecule has 1 aromatic heterocycles. The highest BCUT2D eigenvalue weighted by Crippen LogP contribution is 2.21. The SMILES string of the molecule is CCCCCn1nnc(C=O)c1COc1cc(C)ccc1C. The molecule has 0 aliphatic carbocycles. The molecule has 1 aromatic carbocycles. The molecule has 0 bridgehead atoms. The Morgan fingerprint density at radius 2 is 2.09 bits per heavy atom. The Kier molecular flexibility index (Phi) is 5.69. The zero-order valence-electron chi connectivity index (χ0n) is 13.5. The molecule has 5 heteroatoms. The molecule has 2 rings (SSSR count). The van der Waals surface area contributed by atoms with Crippen LogP contribution < -0.4 is 4.74 Å². The van der Waals surface area contributed by atoms with Crippen LogP contribution in [0.5, 0.6) is 5.75 Å². The Morgan fingerprint density at radius 3 is 2.82 bits per heavy atom. The number of aryl methyl sites for hydroxylation is 3. The summed E-state index contributed by atoms with van der Waals surface area (Å²) in [5.41, 5.74) is 3.32. The first-order chi connectivity index (χ1) is 10.7. The van der Waals surface area contributed by atoms with Gasteiger partial charge >= 0.3 is 0 Å². The number of carbonyl (C=O) groups excluding carboxylic acids is 1. The lowest BCUT2D eigenvalue weighted by atomic mass is 10.1. The van der Waals surface area contributed by atoms with Crippen molar-refractivity contribution in [2.75, 3.05) is 0 Å². The van der Waals surface area contributed by atoms with Crippen molar-refractivity contribution < 1.29 is 9.53 Å². The number of benzene rings is 1. The van der Waals surface area contributed by atoms with E-state index in [-0.39, 0.29) is 0 Å². The van der Waals surface area contributed by atoms with E-state index in [0.717, 1.165) is 54.7 Å². The van der Waals surface area contributed by atoms with E-state index in [9.17, 15) is 4.79 Å². The monoisotopic (exact) mass is 301 g/mol. The van der Waals surface area contributed by atoms with Crippen molar-refractivity contribution in [2.24, 2.45) is 0 Å². The maximum absolute atomic E-state index is 11.1. The fourth-order valence-electron chi connectivity index (χ4n) is 2.29. The normalized spacial score (nSPS) is 10.7. The van der Waals surface area contributed by atoms with Crippen LogP contribution in [0, 0.1) is 13.8 Å². The number of hydrogen-bond acceptors (Lipinski definition) is 4. The maximum Gasteiger partial charge on any atom is 0.172 e. The van der Waals surface area contributed by atoms with E-state index in [1.807, 2.05) is 26.0 Å². The first-order valence-electron chi connectivity index (χ1n) is 7.73. The Balaban J connectivity index is 2.12. The summed E-state index contributed by atoms with van der Waals surface area (Å²) in [7, 11) is 0. The van der Waals surface area contributed by atoms with E-state index in [1.165, 1.54) is 0 Å². The minimum Gasteiger partial charge on any atom is -0.487 e. The highest BCUT2D eigenvalue weighted by Gasteiger charge is 2.13. The summed E-state index contributed by atoms with van der Waals surface area (Å²) >= 11 is 0. The largest absolute Gasteiger partial charge is 0.487 e. The molecule has 1 heterocycles. The molecule has 2 aromatic rings. The van der Waals surface area contributed by atoms with Gasteiger partial charge in [0, 0.05) is 6.54 Å². The molecule has 0 unspecified atom stereocenters. The van der Waals surface area contributed by atoms with Crippen LogP contribution >= 0.6 is 0 Å². The van der Waals surface area contributed by atoms with Gasteiger partial charge in [-0.25, -0.2) is 4.68 Å². The molecule has 0 amide bonds. The zero-order chi connectivity index (χ0) is 15.9. The molecule has 0 atom stereocenters. The van der Waals surface area contributed by atoms with Crippen molar-refractivity contribution in [3.8, 4) is 5.75 Å². The molecule has 0 saturated heterocycles. The van der Waals surface area contributed by atoms with Crippen LogP contribution in [0.3, 0.4) is 0 Å². The van der Waals surface area contributed by atoms with Crippen LogP contribution in [0.2, 0.25) is 0 Å². The first kappa shape index (κ1) is 16.2. The number of unbranched alkanes of at least 4 members (excludes halogenated alkanes) is 2. The van der Waals surface area contributed by atoms with Crippen LogP contribution in [0.25, 0.3) is 0 Å². The van der Waals surface area contributed by atoms with Gasteiger partial charge in [-0.15, -0.1) is 5.10 Å². The fraction of sp³-hybridized carbons (Fsp3) is 0.471. The molecule has 5 nitrogen and oxygen atoms in total. The summed E-state index contributed by atoms with van der Waals surface area (Å²) in [6.07, 6.45) is 4.04. The minimum atomic E-state index is 0.303. The lowest BCUT2D eigenvalue weighted by Crippen LogP contribution is -2.10.